The lowest BCUT2D eigenvalue weighted by molar-refractivity contribution is -0.128. The number of hydrogen-bond acceptors (Lipinski definition) is 2. The summed E-state index contributed by atoms with van der Waals surface area (Å²) in [4.78, 5) is 12.4. The van der Waals surface area contributed by atoms with Crippen LogP contribution in [0.15, 0.2) is 30.3 Å². The minimum absolute atomic E-state index is 0.0597. The maximum atomic E-state index is 12.4. The van der Waals surface area contributed by atoms with Crippen molar-refractivity contribution in [2.75, 3.05) is 6.54 Å². The Bertz CT molecular complexity index is 396. The lowest BCUT2D eigenvalue weighted by atomic mass is 9.92. The third-order valence-electron chi connectivity index (χ3n) is 3.93. The molecule has 0 saturated carbocycles. The van der Waals surface area contributed by atoms with Gasteiger partial charge in [0.1, 0.15) is 0 Å². The molecule has 1 amide bonds. The molecule has 2 rings (SSSR count). The topological polar surface area (TPSA) is 41.1 Å². The fraction of sp³-hybridized carbons (Fsp3) is 0.533. The Morgan fingerprint density at radius 1 is 1.44 bits per heavy atom. The van der Waals surface area contributed by atoms with Crippen LogP contribution in [0.2, 0.25) is 0 Å². The Morgan fingerprint density at radius 3 is 2.72 bits per heavy atom. The Balaban J connectivity index is 2.03. The minimum Gasteiger partial charge on any atom is -0.348 e. The number of benzene rings is 1. The van der Waals surface area contributed by atoms with Crippen LogP contribution in [0.3, 0.4) is 0 Å². The fourth-order valence-corrected chi connectivity index (χ4v) is 2.62. The molecule has 1 fully saturated rings. The summed E-state index contributed by atoms with van der Waals surface area (Å²) in [7, 11) is 0. The van der Waals surface area contributed by atoms with Crippen LogP contribution in [0.4, 0.5) is 0 Å². The second-order valence-electron chi connectivity index (χ2n) is 5.07. The molecule has 1 heterocycles. The molecule has 0 bridgehead atoms. The van der Waals surface area contributed by atoms with Gasteiger partial charge in [-0.05, 0) is 38.3 Å². The summed E-state index contributed by atoms with van der Waals surface area (Å²) in [6, 6.07) is 10.1. The van der Waals surface area contributed by atoms with Gasteiger partial charge in [0.25, 0.3) is 0 Å². The summed E-state index contributed by atoms with van der Waals surface area (Å²) in [6.07, 6.45) is 2.87. The number of carbonyl (C=O) groups excluding carboxylic acids is 1. The molecule has 3 heteroatoms. The Morgan fingerprint density at radius 2 is 2.17 bits per heavy atom. The molecule has 1 aliphatic rings. The van der Waals surface area contributed by atoms with Gasteiger partial charge >= 0.3 is 0 Å². The highest BCUT2D eigenvalue weighted by Crippen LogP contribution is 2.24. The lowest BCUT2D eigenvalue weighted by Crippen LogP contribution is -2.53. The molecular formula is C15H22N2O. The molecule has 0 aliphatic carbocycles. The van der Waals surface area contributed by atoms with Crippen molar-refractivity contribution in [2.45, 2.75) is 44.7 Å². The molecule has 1 unspecified atom stereocenters. The van der Waals surface area contributed by atoms with Crippen molar-refractivity contribution in [2.24, 2.45) is 0 Å². The van der Waals surface area contributed by atoms with Gasteiger partial charge in [-0.25, -0.2) is 0 Å². The van der Waals surface area contributed by atoms with Gasteiger partial charge in [-0.1, -0.05) is 37.3 Å². The smallest absolute Gasteiger partial charge is 0.240 e. The average molecular weight is 246 g/mol. The summed E-state index contributed by atoms with van der Waals surface area (Å²) >= 11 is 0. The van der Waals surface area contributed by atoms with E-state index in [1.807, 2.05) is 37.3 Å². The van der Waals surface area contributed by atoms with Crippen molar-refractivity contribution in [3.63, 3.8) is 0 Å². The van der Waals surface area contributed by atoms with E-state index >= 15 is 0 Å². The van der Waals surface area contributed by atoms with E-state index in [9.17, 15) is 4.79 Å². The summed E-state index contributed by atoms with van der Waals surface area (Å²) in [5, 5.41) is 6.49. The summed E-state index contributed by atoms with van der Waals surface area (Å²) in [5.41, 5.74) is 0.804. The van der Waals surface area contributed by atoms with E-state index in [2.05, 4.69) is 17.6 Å². The van der Waals surface area contributed by atoms with Gasteiger partial charge in [0.05, 0.1) is 11.6 Å². The molecule has 1 aliphatic heterocycles. The number of hydrogen-bond donors (Lipinski definition) is 2. The first-order valence-electron chi connectivity index (χ1n) is 6.79. The number of rotatable bonds is 4. The average Bonchev–Trinajstić information content (AvgIpc) is 2.89. The van der Waals surface area contributed by atoms with Crippen LogP contribution in [0.5, 0.6) is 0 Å². The largest absolute Gasteiger partial charge is 0.348 e. The van der Waals surface area contributed by atoms with E-state index in [4.69, 9.17) is 0 Å². The first-order chi connectivity index (χ1) is 8.68. The predicted molar refractivity (Wildman–Crippen MR) is 73.3 cm³/mol. The van der Waals surface area contributed by atoms with Crippen LogP contribution in [-0.2, 0) is 4.79 Å². The zero-order valence-corrected chi connectivity index (χ0v) is 11.2. The lowest BCUT2D eigenvalue weighted by Gasteiger charge is -2.28. The highest BCUT2D eigenvalue weighted by atomic mass is 16.2. The fourth-order valence-electron chi connectivity index (χ4n) is 2.62. The van der Waals surface area contributed by atoms with E-state index in [-0.39, 0.29) is 17.5 Å². The molecule has 1 aromatic rings. The van der Waals surface area contributed by atoms with Gasteiger partial charge in [-0.2, -0.15) is 0 Å². The first kappa shape index (κ1) is 13.1. The van der Waals surface area contributed by atoms with E-state index in [0.717, 1.165) is 31.4 Å². The molecular weight excluding hydrogens is 224 g/mol. The van der Waals surface area contributed by atoms with Gasteiger partial charge in [0.2, 0.25) is 5.91 Å². The maximum absolute atomic E-state index is 12.4. The molecule has 18 heavy (non-hydrogen) atoms. The van der Waals surface area contributed by atoms with Crippen LogP contribution >= 0.6 is 0 Å². The quantitative estimate of drug-likeness (QED) is 0.856. The van der Waals surface area contributed by atoms with Crippen LogP contribution in [0.25, 0.3) is 0 Å². The molecule has 0 spiro atoms. The van der Waals surface area contributed by atoms with Crippen molar-refractivity contribution in [3.8, 4) is 0 Å². The van der Waals surface area contributed by atoms with Crippen molar-refractivity contribution < 1.29 is 4.79 Å². The van der Waals surface area contributed by atoms with Gasteiger partial charge in [-0.15, -0.1) is 0 Å². The summed E-state index contributed by atoms with van der Waals surface area (Å²) in [6.45, 7) is 5.05. The predicted octanol–water partition coefficient (Wildman–Crippen LogP) is 2.40. The molecule has 1 saturated heterocycles. The van der Waals surface area contributed by atoms with Crippen molar-refractivity contribution >= 4 is 5.91 Å². The van der Waals surface area contributed by atoms with Crippen molar-refractivity contribution in [3.05, 3.63) is 35.9 Å². The monoisotopic (exact) mass is 246 g/mol. The summed E-state index contributed by atoms with van der Waals surface area (Å²) in [5.74, 6) is 0.138. The third kappa shape index (κ3) is 2.56. The molecule has 2 N–H and O–H groups in total. The third-order valence-corrected chi connectivity index (χ3v) is 3.93. The molecule has 2 atom stereocenters. The molecule has 0 radical (unpaired) electrons. The van der Waals surface area contributed by atoms with E-state index in [1.165, 1.54) is 0 Å². The number of nitrogens with one attached hydrogen (secondary N) is 2. The normalized spacial score (nSPS) is 24.8. The van der Waals surface area contributed by atoms with E-state index < -0.39 is 0 Å². The van der Waals surface area contributed by atoms with Crippen LogP contribution < -0.4 is 10.6 Å². The Hall–Kier alpha value is -1.35. The van der Waals surface area contributed by atoms with Crippen LogP contribution in [0, 0.1) is 0 Å². The molecule has 1 aromatic carbocycles. The summed E-state index contributed by atoms with van der Waals surface area (Å²) < 4.78 is 0. The Kier molecular flexibility index (Phi) is 4.02. The van der Waals surface area contributed by atoms with Crippen molar-refractivity contribution in [1.29, 1.82) is 0 Å². The van der Waals surface area contributed by atoms with Gasteiger partial charge in [0.15, 0.2) is 0 Å². The molecule has 0 aromatic heterocycles. The van der Waals surface area contributed by atoms with Gasteiger partial charge in [-0.3, -0.25) is 4.79 Å². The number of carbonyl (C=O) groups is 1. The maximum Gasteiger partial charge on any atom is 0.240 e. The SMILES string of the molecule is CCC1(C(=O)N[C@@H](C)c2ccccc2)CCCN1. The van der Waals surface area contributed by atoms with E-state index in [0.29, 0.717) is 0 Å². The number of amides is 1. The van der Waals surface area contributed by atoms with Crippen LogP contribution in [-0.4, -0.2) is 18.0 Å². The highest BCUT2D eigenvalue weighted by molar-refractivity contribution is 5.87. The van der Waals surface area contributed by atoms with Crippen LogP contribution in [0.1, 0.15) is 44.7 Å². The first-order valence-corrected chi connectivity index (χ1v) is 6.79. The zero-order chi connectivity index (χ0) is 13.0. The standard InChI is InChI=1S/C15H22N2O/c1-3-15(10-7-11-16-15)14(18)17-12(2)13-8-5-4-6-9-13/h4-6,8-9,12,16H,3,7,10-11H2,1-2H3,(H,17,18)/t12-,15?/m0/s1. The van der Waals surface area contributed by atoms with Gasteiger partial charge < -0.3 is 10.6 Å². The van der Waals surface area contributed by atoms with E-state index in [1.54, 1.807) is 0 Å². The van der Waals surface area contributed by atoms with Crippen molar-refractivity contribution in [1.82, 2.24) is 10.6 Å². The second kappa shape index (κ2) is 5.53. The molecule has 3 nitrogen and oxygen atoms in total. The van der Waals surface area contributed by atoms with Gasteiger partial charge in [0, 0.05) is 0 Å². The molecule has 98 valence electrons. The second-order valence-corrected chi connectivity index (χ2v) is 5.07. The zero-order valence-electron chi connectivity index (χ0n) is 11.2. The minimum atomic E-state index is -0.344. The Labute approximate surface area is 109 Å². The highest BCUT2D eigenvalue weighted by Gasteiger charge is 2.39.